The van der Waals surface area contributed by atoms with Crippen molar-refractivity contribution in [2.24, 2.45) is 5.92 Å². The van der Waals surface area contributed by atoms with E-state index in [1.807, 2.05) is 0 Å². The molecule has 1 amide bonds. The zero-order chi connectivity index (χ0) is 10.1. The highest BCUT2D eigenvalue weighted by molar-refractivity contribution is 5.93. The van der Waals surface area contributed by atoms with Gasteiger partial charge >= 0.3 is 5.97 Å². The number of likely N-dealkylation sites (tertiary alicyclic amines) is 1. The summed E-state index contributed by atoms with van der Waals surface area (Å²) < 4.78 is 4.91. The lowest BCUT2D eigenvalue weighted by Crippen LogP contribution is -2.52. The number of carboxylic acid groups (broad SMARTS) is 1. The first-order chi connectivity index (χ1) is 6.68. The van der Waals surface area contributed by atoms with E-state index >= 15 is 0 Å². The minimum absolute atomic E-state index is 0.243. The summed E-state index contributed by atoms with van der Waals surface area (Å²) in [5.41, 5.74) is 0. The molecule has 74 valence electrons. The van der Waals surface area contributed by atoms with Crippen molar-refractivity contribution < 1.29 is 19.1 Å². The first-order valence-electron chi connectivity index (χ1n) is 4.24. The first-order valence-corrected chi connectivity index (χ1v) is 4.24. The molecule has 0 bridgehead atoms. The highest BCUT2D eigenvalue weighted by Gasteiger charge is 2.36. The Hall–Kier alpha value is -1.78. The maximum Gasteiger partial charge on any atom is 0.310 e. The molecule has 14 heavy (non-hydrogen) atoms. The van der Waals surface area contributed by atoms with Crippen LogP contribution in [0, 0.1) is 5.92 Å². The Morgan fingerprint density at radius 2 is 2.21 bits per heavy atom. The van der Waals surface area contributed by atoms with Gasteiger partial charge in [-0.2, -0.15) is 0 Å². The van der Waals surface area contributed by atoms with Crippen LogP contribution in [0.5, 0.6) is 0 Å². The largest absolute Gasteiger partial charge is 0.481 e. The summed E-state index contributed by atoms with van der Waals surface area (Å²) in [7, 11) is 0. The Labute approximate surface area is 79.9 Å². The van der Waals surface area contributed by atoms with E-state index in [0.29, 0.717) is 0 Å². The van der Waals surface area contributed by atoms with Crippen molar-refractivity contribution >= 4 is 11.9 Å². The Balaban J connectivity index is 1.95. The van der Waals surface area contributed by atoms with Gasteiger partial charge in [-0.1, -0.05) is 0 Å². The van der Waals surface area contributed by atoms with E-state index in [-0.39, 0.29) is 24.8 Å². The van der Waals surface area contributed by atoms with Crippen LogP contribution in [0.3, 0.4) is 0 Å². The average Bonchev–Trinajstić information content (AvgIpc) is 2.51. The monoisotopic (exact) mass is 195 g/mol. The zero-order valence-electron chi connectivity index (χ0n) is 7.34. The van der Waals surface area contributed by atoms with Crippen molar-refractivity contribution in [3.63, 3.8) is 0 Å². The predicted octanol–water partition coefficient (Wildman–Crippen LogP) is 0.436. The molecule has 0 aromatic carbocycles. The van der Waals surface area contributed by atoms with Gasteiger partial charge in [-0.15, -0.1) is 0 Å². The highest BCUT2D eigenvalue weighted by atomic mass is 16.4. The van der Waals surface area contributed by atoms with Gasteiger partial charge < -0.3 is 14.4 Å². The molecule has 0 atom stereocenters. The van der Waals surface area contributed by atoms with E-state index in [2.05, 4.69) is 0 Å². The fourth-order valence-electron chi connectivity index (χ4n) is 1.36. The molecule has 0 unspecified atom stereocenters. The van der Waals surface area contributed by atoms with Gasteiger partial charge in [0.25, 0.3) is 5.91 Å². The predicted molar refractivity (Wildman–Crippen MR) is 45.7 cm³/mol. The molecule has 1 aliphatic rings. The minimum Gasteiger partial charge on any atom is -0.481 e. The molecule has 1 N–H and O–H groups in total. The van der Waals surface area contributed by atoms with E-state index in [1.165, 1.54) is 11.2 Å². The third-order valence-electron chi connectivity index (χ3n) is 2.25. The van der Waals surface area contributed by atoms with Crippen LogP contribution in [0.25, 0.3) is 0 Å². The summed E-state index contributed by atoms with van der Waals surface area (Å²) in [4.78, 5) is 23.4. The second kappa shape index (κ2) is 3.17. The van der Waals surface area contributed by atoms with Gasteiger partial charge in [-0.05, 0) is 12.1 Å². The van der Waals surface area contributed by atoms with E-state index < -0.39 is 11.9 Å². The van der Waals surface area contributed by atoms with Gasteiger partial charge in [-0.3, -0.25) is 9.59 Å². The average molecular weight is 195 g/mol. The standard InChI is InChI=1S/C9H9NO4/c11-8(7-2-1-3-14-7)10-4-6(5-10)9(12)13/h1-3,6H,4-5H2,(H,12,13). The fourth-order valence-corrected chi connectivity index (χ4v) is 1.36. The van der Waals surface area contributed by atoms with E-state index in [0.717, 1.165) is 0 Å². The number of aliphatic carboxylic acids is 1. The van der Waals surface area contributed by atoms with Crippen molar-refractivity contribution in [3.05, 3.63) is 24.2 Å². The van der Waals surface area contributed by atoms with Crippen molar-refractivity contribution in [2.75, 3.05) is 13.1 Å². The van der Waals surface area contributed by atoms with Gasteiger partial charge in [0.1, 0.15) is 0 Å². The van der Waals surface area contributed by atoms with Crippen LogP contribution in [-0.2, 0) is 4.79 Å². The normalized spacial score (nSPS) is 16.4. The SMILES string of the molecule is O=C(O)C1CN(C(=O)c2ccco2)C1. The lowest BCUT2D eigenvalue weighted by atomic mass is 10.0. The maximum absolute atomic E-state index is 11.5. The van der Waals surface area contributed by atoms with Gasteiger partial charge in [0.2, 0.25) is 0 Å². The zero-order valence-corrected chi connectivity index (χ0v) is 7.34. The molecular weight excluding hydrogens is 186 g/mol. The van der Waals surface area contributed by atoms with Gasteiger partial charge in [0.15, 0.2) is 5.76 Å². The number of rotatable bonds is 2. The van der Waals surface area contributed by atoms with E-state index in [9.17, 15) is 9.59 Å². The van der Waals surface area contributed by atoms with Crippen LogP contribution in [-0.4, -0.2) is 35.0 Å². The molecule has 0 saturated carbocycles. The summed E-state index contributed by atoms with van der Waals surface area (Å²) in [5, 5.41) is 8.60. The Bertz CT molecular complexity index is 351. The van der Waals surface area contributed by atoms with E-state index in [4.69, 9.17) is 9.52 Å². The molecule has 2 rings (SSSR count). The fraction of sp³-hybridized carbons (Fsp3) is 0.333. The molecule has 1 aliphatic heterocycles. The van der Waals surface area contributed by atoms with Crippen LogP contribution in [0.4, 0.5) is 0 Å². The summed E-state index contributed by atoms with van der Waals surface area (Å²) in [5.74, 6) is -1.26. The van der Waals surface area contributed by atoms with Crippen LogP contribution in [0.2, 0.25) is 0 Å². The van der Waals surface area contributed by atoms with Crippen LogP contribution in [0.15, 0.2) is 22.8 Å². The third-order valence-corrected chi connectivity index (χ3v) is 2.25. The quantitative estimate of drug-likeness (QED) is 0.743. The van der Waals surface area contributed by atoms with Crippen molar-refractivity contribution in [3.8, 4) is 0 Å². The Kier molecular flexibility index (Phi) is 1.99. The smallest absolute Gasteiger partial charge is 0.310 e. The molecule has 5 nitrogen and oxygen atoms in total. The lowest BCUT2D eigenvalue weighted by Gasteiger charge is -2.35. The van der Waals surface area contributed by atoms with Crippen LogP contribution < -0.4 is 0 Å². The third kappa shape index (κ3) is 1.37. The summed E-state index contributed by atoms with van der Waals surface area (Å²) >= 11 is 0. The molecule has 0 aliphatic carbocycles. The number of hydrogen-bond donors (Lipinski definition) is 1. The number of furan rings is 1. The number of carbonyl (C=O) groups excluding carboxylic acids is 1. The molecule has 1 aromatic heterocycles. The van der Waals surface area contributed by atoms with Crippen molar-refractivity contribution in [2.45, 2.75) is 0 Å². The lowest BCUT2D eigenvalue weighted by molar-refractivity contribution is -0.146. The number of nitrogens with zero attached hydrogens (tertiary/aromatic N) is 1. The first kappa shape index (κ1) is 8.80. The summed E-state index contributed by atoms with van der Waals surface area (Å²) in [6.07, 6.45) is 1.42. The van der Waals surface area contributed by atoms with Gasteiger partial charge in [-0.25, -0.2) is 0 Å². The summed E-state index contributed by atoms with van der Waals surface area (Å²) in [6, 6.07) is 3.19. The van der Waals surface area contributed by atoms with Gasteiger partial charge in [0.05, 0.1) is 12.2 Å². The minimum atomic E-state index is -0.853. The van der Waals surface area contributed by atoms with Crippen LogP contribution >= 0.6 is 0 Å². The molecule has 2 heterocycles. The second-order valence-electron chi connectivity index (χ2n) is 3.22. The summed E-state index contributed by atoms with van der Waals surface area (Å²) in [6.45, 7) is 0.545. The molecule has 1 fully saturated rings. The Morgan fingerprint density at radius 1 is 1.50 bits per heavy atom. The number of carboxylic acids is 1. The molecule has 1 saturated heterocycles. The maximum atomic E-state index is 11.5. The number of amides is 1. The van der Waals surface area contributed by atoms with E-state index in [1.54, 1.807) is 12.1 Å². The Morgan fingerprint density at radius 3 is 2.71 bits per heavy atom. The highest BCUT2D eigenvalue weighted by Crippen LogP contribution is 2.18. The molecule has 1 aromatic rings. The molecule has 0 radical (unpaired) electrons. The molecular formula is C9H9NO4. The second-order valence-corrected chi connectivity index (χ2v) is 3.22. The van der Waals surface area contributed by atoms with Crippen LogP contribution in [0.1, 0.15) is 10.6 Å². The number of hydrogen-bond acceptors (Lipinski definition) is 3. The van der Waals surface area contributed by atoms with Crippen molar-refractivity contribution in [1.29, 1.82) is 0 Å². The van der Waals surface area contributed by atoms with Crippen molar-refractivity contribution in [1.82, 2.24) is 4.90 Å². The van der Waals surface area contributed by atoms with Gasteiger partial charge in [0, 0.05) is 13.1 Å². The molecule has 0 spiro atoms. The molecule has 5 heteroatoms. The topological polar surface area (TPSA) is 70.8 Å². The number of carbonyl (C=O) groups is 2.